The second-order valence-electron chi connectivity index (χ2n) is 3.30. The normalized spacial score (nSPS) is 14.6. The zero-order valence-corrected chi connectivity index (χ0v) is 10.3. The lowest BCUT2D eigenvalue weighted by Gasteiger charge is -2.20. The molecule has 0 aliphatic heterocycles. The molecule has 1 aromatic heterocycles. The van der Waals surface area contributed by atoms with Crippen LogP contribution in [0.4, 0.5) is 0 Å². The molecule has 1 heterocycles. The van der Waals surface area contributed by atoms with Crippen molar-refractivity contribution in [3.05, 3.63) is 30.1 Å². The van der Waals surface area contributed by atoms with Crippen molar-refractivity contribution in [2.75, 3.05) is 6.29 Å². The van der Waals surface area contributed by atoms with Crippen LogP contribution in [0.3, 0.4) is 0 Å². The van der Waals surface area contributed by atoms with Crippen LogP contribution in [0.1, 0.15) is 11.3 Å². The van der Waals surface area contributed by atoms with Crippen molar-refractivity contribution >= 4 is 15.2 Å². The first kappa shape index (κ1) is 14.5. The van der Waals surface area contributed by atoms with Gasteiger partial charge < -0.3 is 19.6 Å². The molecule has 0 aliphatic rings. The zero-order chi connectivity index (χ0) is 13.1. The highest BCUT2D eigenvalue weighted by Crippen LogP contribution is 2.50. The van der Waals surface area contributed by atoms with E-state index in [-0.39, 0.29) is 5.56 Å². The van der Waals surface area contributed by atoms with E-state index in [0.29, 0.717) is 0 Å². The van der Waals surface area contributed by atoms with Gasteiger partial charge in [-0.15, -0.1) is 0 Å². The lowest BCUT2D eigenvalue weighted by molar-refractivity contribution is 0.343. The third-order valence-electron chi connectivity index (χ3n) is 1.83. The molecule has 1 rings (SSSR count). The number of pyridine rings is 1. The molecular weight excluding hydrogens is 270 g/mol. The van der Waals surface area contributed by atoms with Crippen LogP contribution >= 0.6 is 15.2 Å². The summed E-state index contributed by atoms with van der Waals surface area (Å²) in [6.45, 7) is 0. The smallest absolute Gasteiger partial charge is 0.324 e. The molecule has 0 bridgehead atoms. The molecule has 1 aromatic rings. The molecular formula is C7H12N2O6P2. The summed E-state index contributed by atoms with van der Waals surface area (Å²) in [6.07, 6.45) is 1.82. The van der Waals surface area contributed by atoms with Gasteiger partial charge in [-0.1, -0.05) is 6.07 Å². The van der Waals surface area contributed by atoms with Crippen molar-refractivity contribution in [2.45, 2.75) is 5.78 Å². The molecule has 5 N–H and O–H groups in total. The van der Waals surface area contributed by atoms with Crippen LogP contribution in [0.5, 0.6) is 0 Å². The maximum Gasteiger partial charge on any atom is 0.346 e. The molecule has 0 radical (unpaired) electrons. The van der Waals surface area contributed by atoms with Crippen LogP contribution in [0.15, 0.2) is 24.5 Å². The standard InChI is InChI=1S/C7H12N2O6P2/c10-16(11,12)5-9-7(17(13,14)15)6-2-1-3-8-4-6/h1-4,7,9H,5H2,(H2,10,11,12)(H2,13,14,15). The van der Waals surface area contributed by atoms with Crippen molar-refractivity contribution in [1.82, 2.24) is 10.3 Å². The van der Waals surface area contributed by atoms with E-state index in [4.69, 9.17) is 19.6 Å². The predicted molar refractivity (Wildman–Crippen MR) is 59.1 cm³/mol. The highest BCUT2D eigenvalue weighted by atomic mass is 31.2. The van der Waals surface area contributed by atoms with Gasteiger partial charge >= 0.3 is 15.2 Å². The van der Waals surface area contributed by atoms with Crippen LogP contribution in [0.25, 0.3) is 0 Å². The van der Waals surface area contributed by atoms with Crippen LogP contribution in [-0.4, -0.2) is 30.8 Å². The van der Waals surface area contributed by atoms with E-state index in [0.717, 1.165) is 0 Å². The predicted octanol–water partition coefficient (Wildman–Crippen LogP) is -0.0173. The number of aromatic nitrogens is 1. The topological polar surface area (TPSA) is 140 Å². The van der Waals surface area contributed by atoms with Crippen LogP contribution in [0.2, 0.25) is 0 Å². The van der Waals surface area contributed by atoms with Gasteiger partial charge in [0.05, 0.1) is 6.29 Å². The average molecular weight is 282 g/mol. The van der Waals surface area contributed by atoms with Crippen molar-refractivity contribution in [3.8, 4) is 0 Å². The molecule has 17 heavy (non-hydrogen) atoms. The Morgan fingerprint density at radius 3 is 2.35 bits per heavy atom. The van der Waals surface area contributed by atoms with Gasteiger partial charge in [0.25, 0.3) is 0 Å². The second kappa shape index (κ2) is 5.37. The number of rotatable bonds is 5. The summed E-state index contributed by atoms with van der Waals surface area (Å²) in [5.74, 6) is -1.48. The Hall–Kier alpha value is -0.590. The molecule has 0 aromatic carbocycles. The summed E-state index contributed by atoms with van der Waals surface area (Å²) in [4.78, 5) is 39.2. The largest absolute Gasteiger partial charge is 0.346 e. The number of nitrogens with zero attached hydrogens (tertiary/aromatic N) is 1. The molecule has 0 saturated heterocycles. The van der Waals surface area contributed by atoms with Crippen LogP contribution < -0.4 is 5.32 Å². The Bertz CT molecular complexity index is 455. The van der Waals surface area contributed by atoms with E-state index in [1.54, 1.807) is 0 Å². The minimum Gasteiger partial charge on any atom is -0.324 e. The van der Waals surface area contributed by atoms with E-state index in [2.05, 4.69) is 10.3 Å². The molecule has 0 fully saturated rings. The number of hydrogen-bond acceptors (Lipinski definition) is 4. The Balaban J connectivity index is 2.91. The van der Waals surface area contributed by atoms with Gasteiger partial charge in [-0.2, -0.15) is 0 Å². The second-order valence-corrected chi connectivity index (χ2v) is 6.65. The summed E-state index contributed by atoms with van der Waals surface area (Å²) >= 11 is 0. The lowest BCUT2D eigenvalue weighted by Crippen LogP contribution is -2.22. The summed E-state index contributed by atoms with van der Waals surface area (Å²) in [5, 5.41) is 2.15. The third-order valence-corrected chi connectivity index (χ3v) is 3.58. The van der Waals surface area contributed by atoms with E-state index in [1.807, 2.05) is 0 Å². The van der Waals surface area contributed by atoms with Crippen molar-refractivity contribution in [3.63, 3.8) is 0 Å². The number of nitrogens with one attached hydrogen (secondary N) is 1. The molecule has 0 spiro atoms. The summed E-state index contributed by atoms with van der Waals surface area (Å²) in [5.41, 5.74) is 0.161. The van der Waals surface area contributed by atoms with E-state index in [1.165, 1.54) is 24.5 Å². The van der Waals surface area contributed by atoms with Crippen molar-refractivity contribution < 1.29 is 28.7 Å². The van der Waals surface area contributed by atoms with Gasteiger partial charge in [0, 0.05) is 12.4 Å². The van der Waals surface area contributed by atoms with Gasteiger partial charge in [-0.25, -0.2) is 0 Å². The average Bonchev–Trinajstić information content (AvgIpc) is 2.15. The molecule has 10 heteroatoms. The fourth-order valence-corrected chi connectivity index (χ4v) is 2.61. The van der Waals surface area contributed by atoms with E-state index < -0.39 is 27.3 Å². The molecule has 8 nitrogen and oxygen atoms in total. The van der Waals surface area contributed by atoms with Gasteiger partial charge in [0.2, 0.25) is 0 Å². The Kier molecular flexibility index (Phi) is 4.57. The quantitative estimate of drug-likeness (QED) is 0.475. The Morgan fingerprint density at radius 2 is 1.94 bits per heavy atom. The number of hydrogen-bond donors (Lipinski definition) is 5. The van der Waals surface area contributed by atoms with Gasteiger partial charge in [-0.05, 0) is 11.6 Å². The minimum atomic E-state index is -4.58. The van der Waals surface area contributed by atoms with Crippen LogP contribution in [-0.2, 0) is 9.13 Å². The van der Waals surface area contributed by atoms with Gasteiger partial charge in [0.1, 0.15) is 5.78 Å². The van der Waals surface area contributed by atoms with Crippen molar-refractivity contribution in [2.24, 2.45) is 0 Å². The maximum absolute atomic E-state index is 11.2. The monoisotopic (exact) mass is 282 g/mol. The fraction of sp³-hybridized carbons (Fsp3) is 0.286. The van der Waals surface area contributed by atoms with Crippen LogP contribution in [0, 0.1) is 0 Å². The zero-order valence-electron chi connectivity index (χ0n) is 8.54. The van der Waals surface area contributed by atoms with E-state index >= 15 is 0 Å². The first-order valence-corrected chi connectivity index (χ1v) is 7.91. The Morgan fingerprint density at radius 1 is 1.29 bits per heavy atom. The highest BCUT2D eigenvalue weighted by Gasteiger charge is 2.32. The molecule has 0 aliphatic carbocycles. The summed E-state index contributed by atoms with van der Waals surface area (Å²) in [7, 11) is -8.96. The SMILES string of the molecule is O=P(O)(O)CNC(c1cccnc1)P(=O)(O)O. The molecule has 1 unspecified atom stereocenters. The maximum atomic E-state index is 11.2. The van der Waals surface area contributed by atoms with E-state index in [9.17, 15) is 9.13 Å². The first-order valence-electron chi connectivity index (χ1n) is 4.43. The molecule has 96 valence electrons. The minimum absolute atomic E-state index is 0.161. The molecule has 0 amide bonds. The Labute approximate surface area is 97.0 Å². The molecule has 1 atom stereocenters. The van der Waals surface area contributed by atoms with Crippen molar-refractivity contribution in [1.29, 1.82) is 0 Å². The highest BCUT2D eigenvalue weighted by molar-refractivity contribution is 7.53. The molecule has 0 saturated carbocycles. The summed E-state index contributed by atoms with van der Waals surface area (Å²) in [6, 6.07) is 2.88. The lowest BCUT2D eigenvalue weighted by atomic mass is 10.3. The third kappa shape index (κ3) is 5.06. The van der Waals surface area contributed by atoms with Gasteiger partial charge in [0.15, 0.2) is 0 Å². The fourth-order valence-electron chi connectivity index (χ4n) is 1.17. The first-order chi connectivity index (χ1) is 7.70. The summed E-state index contributed by atoms with van der Waals surface area (Å²) < 4.78 is 21.9. The van der Waals surface area contributed by atoms with Gasteiger partial charge in [-0.3, -0.25) is 19.4 Å².